The van der Waals surface area contributed by atoms with E-state index >= 15 is 0 Å². The van der Waals surface area contributed by atoms with Crippen LogP contribution < -0.4 is 25.4 Å². The van der Waals surface area contributed by atoms with Crippen molar-refractivity contribution < 1.29 is 23.5 Å². The van der Waals surface area contributed by atoms with Crippen LogP contribution in [0.3, 0.4) is 0 Å². The van der Waals surface area contributed by atoms with Gasteiger partial charge in [0.05, 0.1) is 5.69 Å². The Balaban J connectivity index is 1.29. The van der Waals surface area contributed by atoms with Crippen LogP contribution in [-0.2, 0) is 11.2 Å². The summed E-state index contributed by atoms with van der Waals surface area (Å²) in [5.41, 5.74) is 1.82. The van der Waals surface area contributed by atoms with Crippen LogP contribution in [0.4, 0.5) is 20.7 Å². The molecule has 9 heteroatoms. The first-order chi connectivity index (χ1) is 16.0. The lowest BCUT2D eigenvalue weighted by Gasteiger charge is -2.19. The minimum Gasteiger partial charge on any atom is -0.470 e. The van der Waals surface area contributed by atoms with Gasteiger partial charge >= 0.3 is 6.03 Å². The van der Waals surface area contributed by atoms with Crippen molar-refractivity contribution in [2.45, 2.75) is 31.9 Å². The fourth-order valence-electron chi connectivity index (χ4n) is 3.94. The molecule has 0 radical (unpaired) electrons. The Morgan fingerprint density at radius 2 is 2.06 bits per heavy atom. The van der Waals surface area contributed by atoms with Crippen molar-refractivity contribution in [3.8, 4) is 17.2 Å². The number of amides is 3. The van der Waals surface area contributed by atoms with Gasteiger partial charge in [-0.2, -0.15) is 0 Å². The van der Waals surface area contributed by atoms with Gasteiger partial charge in [0.1, 0.15) is 28.9 Å². The summed E-state index contributed by atoms with van der Waals surface area (Å²) in [6.07, 6.45) is 1.91. The van der Waals surface area contributed by atoms with Crippen LogP contribution in [0.15, 0.2) is 54.7 Å². The third-order valence-electron chi connectivity index (χ3n) is 5.68. The number of hydrogen-bond donors (Lipinski definition) is 3. The summed E-state index contributed by atoms with van der Waals surface area (Å²) >= 11 is 0. The van der Waals surface area contributed by atoms with Crippen LogP contribution in [0.25, 0.3) is 0 Å². The van der Waals surface area contributed by atoms with Crippen molar-refractivity contribution in [2.24, 2.45) is 0 Å². The number of pyridine rings is 1. The van der Waals surface area contributed by atoms with Gasteiger partial charge in [-0.25, -0.2) is 14.2 Å². The highest BCUT2D eigenvalue weighted by Crippen LogP contribution is 2.41. The molecule has 33 heavy (non-hydrogen) atoms. The maximum Gasteiger partial charge on any atom is 0.322 e. The summed E-state index contributed by atoms with van der Waals surface area (Å²) in [5, 5.41) is 7.99. The van der Waals surface area contributed by atoms with Gasteiger partial charge in [0.2, 0.25) is 5.91 Å². The Labute approximate surface area is 189 Å². The van der Waals surface area contributed by atoms with Gasteiger partial charge < -0.3 is 25.4 Å². The fraction of sp³-hybridized carbons (Fsp3) is 0.208. The first-order valence-corrected chi connectivity index (χ1v) is 10.6. The van der Waals surface area contributed by atoms with E-state index in [1.165, 1.54) is 12.1 Å². The van der Waals surface area contributed by atoms with E-state index in [-0.39, 0.29) is 17.5 Å². The molecule has 168 valence electrons. The predicted molar refractivity (Wildman–Crippen MR) is 119 cm³/mol. The van der Waals surface area contributed by atoms with E-state index in [0.717, 1.165) is 11.1 Å². The largest absolute Gasteiger partial charge is 0.470 e. The Bertz CT molecular complexity index is 1250. The monoisotopic (exact) mass is 448 g/mol. The Morgan fingerprint density at radius 1 is 1.21 bits per heavy atom. The number of ether oxygens (including phenoxy) is 2. The minimum atomic E-state index is -0.620. The molecule has 3 aromatic rings. The number of carbonyl (C=O) groups excluding carboxylic acids is 2. The number of aromatic nitrogens is 1. The second-order valence-electron chi connectivity index (χ2n) is 7.89. The van der Waals surface area contributed by atoms with Crippen LogP contribution in [-0.4, -0.2) is 23.2 Å². The Morgan fingerprint density at radius 3 is 2.91 bits per heavy atom. The number of anilines is 2. The highest BCUT2D eigenvalue weighted by molar-refractivity contribution is 5.93. The molecule has 3 N–H and O–H groups in total. The minimum absolute atomic E-state index is 0.0618. The topological polar surface area (TPSA) is 102 Å². The first-order valence-electron chi connectivity index (χ1n) is 10.6. The lowest BCUT2D eigenvalue weighted by molar-refractivity contribution is -0.116. The van der Waals surface area contributed by atoms with Gasteiger partial charge in [0, 0.05) is 29.7 Å². The van der Waals surface area contributed by atoms with Crippen molar-refractivity contribution in [3.05, 3.63) is 71.7 Å². The molecule has 0 aliphatic carbocycles. The molecular weight excluding hydrogens is 427 g/mol. The number of nitrogens with one attached hydrogen (secondary N) is 3. The number of halogens is 1. The lowest BCUT2D eigenvalue weighted by atomic mass is 10.0. The predicted octanol–water partition coefficient (Wildman–Crippen LogP) is 4.54. The summed E-state index contributed by atoms with van der Waals surface area (Å²) in [6.45, 7) is 1.92. The summed E-state index contributed by atoms with van der Waals surface area (Å²) in [5.74, 6) is 1.64. The van der Waals surface area contributed by atoms with Gasteiger partial charge in [-0.05, 0) is 42.8 Å². The molecule has 0 fully saturated rings. The van der Waals surface area contributed by atoms with Gasteiger partial charge in [0.25, 0.3) is 0 Å². The van der Waals surface area contributed by atoms with Crippen molar-refractivity contribution >= 4 is 23.4 Å². The van der Waals surface area contributed by atoms with E-state index in [1.807, 2.05) is 13.0 Å². The third-order valence-corrected chi connectivity index (χ3v) is 5.68. The first kappa shape index (κ1) is 20.7. The number of benzene rings is 2. The summed E-state index contributed by atoms with van der Waals surface area (Å²) in [4.78, 5) is 28.2. The average Bonchev–Trinajstić information content (AvgIpc) is 3.10. The zero-order valence-electron chi connectivity index (χ0n) is 17.7. The normalized spacial score (nSPS) is 18.4. The highest BCUT2D eigenvalue weighted by atomic mass is 19.1. The van der Waals surface area contributed by atoms with E-state index in [0.29, 0.717) is 35.9 Å². The van der Waals surface area contributed by atoms with Crippen LogP contribution in [0.2, 0.25) is 0 Å². The summed E-state index contributed by atoms with van der Waals surface area (Å²) in [6, 6.07) is 12.6. The highest BCUT2D eigenvalue weighted by Gasteiger charge is 2.33. The molecule has 2 aromatic carbocycles. The zero-order chi connectivity index (χ0) is 22.9. The second-order valence-corrected chi connectivity index (χ2v) is 7.89. The smallest absolute Gasteiger partial charge is 0.322 e. The maximum atomic E-state index is 13.8. The van der Waals surface area contributed by atoms with Crippen LogP contribution in [0, 0.1) is 5.82 Å². The maximum absolute atomic E-state index is 13.8. The van der Waals surface area contributed by atoms with E-state index in [4.69, 9.17) is 9.47 Å². The van der Waals surface area contributed by atoms with Crippen molar-refractivity contribution in [1.29, 1.82) is 0 Å². The van der Waals surface area contributed by atoms with E-state index in [2.05, 4.69) is 20.9 Å². The molecule has 0 bridgehead atoms. The molecule has 0 unspecified atom stereocenters. The van der Waals surface area contributed by atoms with Crippen LogP contribution in [0.5, 0.6) is 17.2 Å². The molecule has 5 rings (SSSR count). The van der Waals surface area contributed by atoms with Crippen molar-refractivity contribution in [2.75, 3.05) is 10.6 Å². The molecule has 8 nitrogen and oxygen atoms in total. The van der Waals surface area contributed by atoms with E-state index < -0.39 is 18.1 Å². The van der Waals surface area contributed by atoms with Gasteiger partial charge in [-0.3, -0.25) is 4.79 Å². The van der Waals surface area contributed by atoms with Gasteiger partial charge in [-0.15, -0.1) is 0 Å². The van der Waals surface area contributed by atoms with Crippen molar-refractivity contribution in [1.82, 2.24) is 10.3 Å². The number of carbonyl (C=O) groups is 2. The SMILES string of the molecule is C[C@H]1c2cc(Oc3ccnc4c3CCC(=O)N4)ccc2O[C@H]1NC(=O)Nc1ccccc1F. The summed E-state index contributed by atoms with van der Waals surface area (Å²) in [7, 11) is 0. The number of hydrogen-bond acceptors (Lipinski definition) is 5. The van der Waals surface area contributed by atoms with Crippen LogP contribution in [0.1, 0.15) is 30.4 Å². The lowest BCUT2D eigenvalue weighted by Crippen LogP contribution is -2.42. The Kier molecular flexibility index (Phi) is 5.29. The molecule has 1 aromatic heterocycles. The quantitative estimate of drug-likeness (QED) is 0.544. The van der Waals surface area contributed by atoms with Crippen molar-refractivity contribution in [3.63, 3.8) is 0 Å². The van der Waals surface area contributed by atoms with Crippen LogP contribution >= 0.6 is 0 Å². The molecule has 2 aliphatic rings. The third kappa shape index (κ3) is 4.17. The summed E-state index contributed by atoms with van der Waals surface area (Å²) < 4.78 is 25.8. The molecule has 2 aliphatic heterocycles. The number of urea groups is 1. The molecule has 3 heterocycles. The average molecular weight is 448 g/mol. The molecule has 0 saturated carbocycles. The van der Waals surface area contributed by atoms with E-state index in [1.54, 1.807) is 36.5 Å². The molecule has 0 saturated heterocycles. The second kappa shape index (κ2) is 8.42. The number of nitrogens with zero attached hydrogens (tertiary/aromatic N) is 1. The molecule has 2 atom stereocenters. The molecule has 3 amide bonds. The molecular formula is C24H21FN4O4. The number of para-hydroxylation sites is 1. The molecule has 0 spiro atoms. The van der Waals surface area contributed by atoms with Gasteiger partial charge in [0.15, 0.2) is 6.23 Å². The zero-order valence-corrected chi connectivity index (χ0v) is 17.7. The standard InChI is InChI=1S/C24H21FN4O4/c1-13-16-12-14(32-20-10-11-26-22-15(20)7-9-21(30)28-22)6-8-19(16)33-23(13)29-24(31)27-18-5-3-2-4-17(18)25/h2-6,8,10-13,23H,7,9H2,1H3,(H,26,28,30)(H2,27,29,31)/t13-,23+/m0/s1. The van der Waals surface area contributed by atoms with E-state index in [9.17, 15) is 14.0 Å². The van der Waals surface area contributed by atoms with Gasteiger partial charge in [-0.1, -0.05) is 19.1 Å². The number of rotatable bonds is 4. The number of fused-ring (bicyclic) bond motifs is 2. The Hall–Kier alpha value is -4.14. The fourth-order valence-corrected chi connectivity index (χ4v) is 3.94.